The molecular weight excluding hydrogens is 402 g/mol. The van der Waals surface area contributed by atoms with Crippen LogP contribution in [0.15, 0.2) is 46.4 Å². The maximum Gasteiger partial charge on any atom is 0.270 e. The number of carbonyl (C=O) groups excluding carboxylic acids is 1. The van der Waals surface area contributed by atoms with Gasteiger partial charge in [0.05, 0.1) is 6.54 Å². The average Bonchev–Trinajstić information content (AvgIpc) is 3.32. The van der Waals surface area contributed by atoms with E-state index in [-0.39, 0.29) is 12.0 Å². The first-order valence-corrected chi connectivity index (χ1v) is 10.8. The van der Waals surface area contributed by atoms with E-state index in [4.69, 9.17) is 16.3 Å². The van der Waals surface area contributed by atoms with Gasteiger partial charge in [0, 0.05) is 40.3 Å². The summed E-state index contributed by atoms with van der Waals surface area (Å²) in [5, 5.41) is 5.35. The Morgan fingerprint density at radius 1 is 1.41 bits per heavy atom. The first-order chi connectivity index (χ1) is 13.1. The summed E-state index contributed by atoms with van der Waals surface area (Å²) in [5.41, 5.74) is 3.44. The Morgan fingerprint density at radius 2 is 2.22 bits per heavy atom. The fraction of sp³-hybridized carbons (Fsp3) is 0.211. The maximum atomic E-state index is 12.3. The number of hydrogen-bond donors (Lipinski definition) is 1. The van der Waals surface area contributed by atoms with Crippen molar-refractivity contribution in [3.05, 3.63) is 58.3 Å². The fourth-order valence-corrected chi connectivity index (χ4v) is 4.49. The van der Waals surface area contributed by atoms with Gasteiger partial charge in [-0.05, 0) is 36.1 Å². The third kappa shape index (κ3) is 3.95. The molecule has 5 nitrogen and oxygen atoms in total. The van der Waals surface area contributed by atoms with Gasteiger partial charge in [-0.1, -0.05) is 23.4 Å². The molecule has 1 atom stereocenters. The number of benzene rings is 1. The number of pyridine rings is 1. The maximum absolute atomic E-state index is 12.3. The summed E-state index contributed by atoms with van der Waals surface area (Å²) in [6.45, 7) is 0.410. The van der Waals surface area contributed by atoms with Gasteiger partial charge < -0.3 is 10.1 Å². The van der Waals surface area contributed by atoms with Gasteiger partial charge in [-0.25, -0.2) is 4.98 Å². The molecule has 8 heteroatoms. The van der Waals surface area contributed by atoms with Crippen LogP contribution in [-0.2, 0) is 6.42 Å². The molecule has 3 aromatic rings. The highest BCUT2D eigenvalue weighted by molar-refractivity contribution is 8.00. The van der Waals surface area contributed by atoms with E-state index >= 15 is 0 Å². The van der Waals surface area contributed by atoms with Crippen molar-refractivity contribution in [1.82, 2.24) is 15.3 Å². The second-order valence-corrected chi connectivity index (χ2v) is 8.38. The van der Waals surface area contributed by atoms with Crippen molar-refractivity contribution in [1.29, 1.82) is 0 Å². The van der Waals surface area contributed by atoms with Crippen LogP contribution in [0, 0.1) is 0 Å². The number of nitrogens with zero attached hydrogens (tertiary/aromatic N) is 2. The van der Waals surface area contributed by atoms with Crippen molar-refractivity contribution in [3.8, 4) is 16.9 Å². The molecule has 3 heterocycles. The fourth-order valence-electron chi connectivity index (χ4n) is 3.01. The number of amides is 1. The molecule has 0 fully saturated rings. The SMILES string of the molecule is CSc1nc(C(=O)NC[C@@H]2Cc3cc(Cl)cc(-c4ccncc4)c3O2)cs1. The molecular formula is C19H16ClN3O2S2. The molecule has 0 spiro atoms. The predicted octanol–water partition coefficient (Wildman–Crippen LogP) is 4.31. The van der Waals surface area contributed by atoms with Crippen molar-refractivity contribution in [2.45, 2.75) is 16.9 Å². The van der Waals surface area contributed by atoms with Crippen LogP contribution in [0.3, 0.4) is 0 Å². The summed E-state index contributed by atoms with van der Waals surface area (Å²) in [6.07, 6.45) is 5.98. The average molecular weight is 418 g/mol. The molecule has 4 rings (SSSR count). The zero-order valence-electron chi connectivity index (χ0n) is 14.4. The highest BCUT2D eigenvalue weighted by atomic mass is 35.5. The lowest BCUT2D eigenvalue weighted by atomic mass is 10.0. The van der Waals surface area contributed by atoms with E-state index in [1.165, 1.54) is 23.1 Å². The van der Waals surface area contributed by atoms with Gasteiger partial charge in [0.15, 0.2) is 0 Å². The predicted molar refractivity (Wildman–Crippen MR) is 109 cm³/mol. The Kier molecular flexibility index (Phi) is 5.33. The summed E-state index contributed by atoms with van der Waals surface area (Å²) < 4.78 is 7.02. The molecule has 0 unspecified atom stereocenters. The normalized spacial score (nSPS) is 15.3. The van der Waals surface area contributed by atoms with E-state index in [9.17, 15) is 4.79 Å². The van der Waals surface area contributed by atoms with Gasteiger partial charge in [0.2, 0.25) is 0 Å². The van der Waals surface area contributed by atoms with E-state index in [0.29, 0.717) is 23.7 Å². The lowest BCUT2D eigenvalue weighted by Gasteiger charge is -2.13. The zero-order valence-corrected chi connectivity index (χ0v) is 16.8. The third-order valence-corrected chi connectivity index (χ3v) is 6.32. The molecule has 1 aliphatic heterocycles. The van der Waals surface area contributed by atoms with Gasteiger partial charge >= 0.3 is 0 Å². The number of fused-ring (bicyclic) bond motifs is 1. The van der Waals surface area contributed by atoms with Crippen LogP contribution >= 0.6 is 34.7 Å². The van der Waals surface area contributed by atoms with Crippen LogP contribution in [0.4, 0.5) is 0 Å². The number of halogens is 1. The zero-order chi connectivity index (χ0) is 18.8. The van der Waals surface area contributed by atoms with Gasteiger partial charge in [-0.15, -0.1) is 11.3 Å². The minimum absolute atomic E-state index is 0.137. The van der Waals surface area contributed by atoms with Crippen LogP contribution in [0.1, 0.15) is 16.1 Å². The number of aromatic nitrogens is 2. The Morgan fingerprint density at radius 3 is 2.96 bits per heavy atom. The lowest BCUT2D eigenvalue weighted by molar-refractivity contribution is 0.0929. The van der Waals surface area contributed by atoms with E-state index < -0.39 is 0 Å². The second-order valence-electron chi connectivity index (χ2n) is 6.03. The van der Waals surface area contributed by atoms with Gasteiger partial charge in [-0.3, -0.25) is 9.78 Å². The summed E-state index contributed by atoms with van der Waals surface area (Å²) in [6, 6.07) is 7.68. The Labute approximate surface area is 170 Å². The second kappa shape index (κ2) is 7.88. The van der Waals surface area contributed by atoms with Gasteiger partial charge in [-0.2, -0.15) is 0 Å². The molecule has 0 aliphatic carbocycles. The molecule has 1 N–H and O–H groups in total. The summed E-state index contributed by atoms with van der Waals surface area (Å²) in [7, 11) is 0. The Balaban J connectivity index is 1.47. The van der Waals surface area contributed by atoms with E-state index in [0.717, 1.165) is 26.8 Å². The molecule has 2 aromatic heterocycles. The standard InChI is InChI=1S/C19H16ClN3O2S2/c1-26-19-23-16(10-27-19)18(24)22-9-14-7-12-6-13(20)8-15(17(12)25-14)11-2-4-21-5-3-11/h2-6,8,10,14H,7,9H2,1H3,(H,22,24)/t14-/m0/s1. The molecule has 0 saturated heterocycles. The number of ether oxygens (including phenoxy) is 1. The van der Waals surface area contributed by atoms with Gasteiger partial charge in [0.25, 0.3) is 5.91 Å². The molecule has 0 saturated carbocycles. The van der Waals surface area contributed by atoms with Crippen LogP contribution < -0.4 is 10.1 Å². The molecule has 27 heavy (non-hydrogen) atoms. The van der Waals surface area contributed by atoms with Crippen molar-refractivity contribution < 1.29 is 9.53 Å². The minimum atomic E-state index is -0.182. The Bertz CT molecular complexity index is 978. The van der Waals surface area contributed by atoms with E-state index in [2.05, 4.69) is 15.3 Å². The Hall–Kier alpha value is -2.09. The number of carbonyl (C=O) groups is 1. The summed E-state index contributed by atoms with van der Waals surface area (Å²) >= 11 is 9.30. The van der Waals surface area contributed by atoms with E-state index in [1.54, 1.807) is 17.8 Å². The molecule has 1 amide bonds. The highest BCUT2D eigenvalue weighted by Crippen LogP contribution is 2.40. The smallest absolute Gasteiger partial charge is 0.270 e. The number of nitrogens with one attached hydrogen (secondary N) is 1. The molecule has 1 aliphatic rings. The van der Waals surface area contributed by atoms with Crippen LogP contribution in [0.2, 0.25) is 5.02 Å². The molecule has 0 bridgehead atoms. The monoisotopic (exact) mass is 417 g/mol. The van der Waals surface area contributed by atoms with Crippen molar-refractivity contribution in [2.24, 2.45) is 0 Å². The van der Waals surface area contributed by atoms with Crippen molar-refractivity contribution in [3.63, 3.8) is 0 Å². The topological polar surface area (TPSA) is 64.1 Å². The van der Waals surface area contributed by atoms with Crippen LogP contribution in [0.25, 0.3) is 11.1 Å². The summed E-state index contributed by atoms with van der Waals surface area (Å²) in [4.78, 5) is 20.6. The van der Waals surface area contributed by atoms with E-state index in [1.807, 2.05) is 30.5 Å². The number of thioether (sulfide) groups is 1. The minimum Gasteiger partial charge on any atom is -0.487 e. The largest absolute Gasteiger partial charge is 0.487 e. The number of thiazole rings is 1. The molecule has 1 aromatic carbocycles. The van der Waals surface area contributed by atoms with Crippen LogP contribution in [0.5, 0.6) is 5.75 Å². The number of rotatable bonds is 5. The lowest BCUT2D eigenvalue weighted by Crippen LogP contribution is -2.34. The van der Waals surface area contributed by atoms with Gasteiger partial charge in [0.1, 0.15) is 21.9 Å². The highest BCUT2D eigenvalue weighted by Gasteiger charge is 2.27. The molecule has 138 valence electrons. The number of hydrogen-bond acceptors (Lipinski definition) is 6. The quantitative estimate of drug-likeness (QED) is 0.626. The third-order valence-electron chi connectivity index (χ3n) is 4.23. The first kappa shape index (κ1) is 18.3. The van der Waals surface area contributed by atoms with Crippen LogP contribution in [-0.4, -0.2) is 34.8 Å². The van der Waals surface area contributed by atoms with Crippen molar-refractivity contribution >= 4 is 40.6 Å². The first-order valence-electron chi connectivity index (χ1n) is 8.31. The summed E-state index contributed by atoms with van der Waals surface area (Å²) in [5.74, 6) is 0.640. The molecule has 0 radical (unpaired) electrons. The van der Waals surface area contributed by atoms with Crippen molar-refractivity contribution in [2.75, 3.05) is 12.8 Å².